The Morgan fingerprint density at radius 1 is 1.44 bits per heavy atom. The summed E-state index contributed by atoms with van der Waals surface area (Å²) in [5.74, 6) is -0.0181. The van der Waals surface area contributed by atoms with Crippen LogP contribution in [0.4, 0.5) is 5.69 Å². The maximum absolute atomic E-state index is 12.5. The fraction of sp³-hybridized carbons (Fsp3) is 0.562. The molecule has 0 bridgehead atoms. The van der Waals surface area contributed by atoms with Gasteiger partial charge < -0.3 is 15.4 Å². The number of halogens is 1. The van der Waals surface area contributed by atoms with E-state index in [1.165, 1.54) is 31.0 Å². The number of piperidine rings is 1. The summed E-state index contributed by atoms with van der Waals surface area (Å²) in [6, 6.07) is 2.84. The molecule has 2 N–H and O–H groups in total. The van der Waals surface area contributed by atoms with Gasteiger partial charge in [-0.25, -0.2) is 0 Å². The van der Waals surface area contributed by atoms with Crippen LogP contribution >= 0.6 is 24.2 Å². The Bertz CT molecular complexity index is 636. The standard InChI is InChI=1S/C16H23N3O4S.ClH/c1-16(4-6-17-7-5-16)10-18-15(20)11-8-14(24-3)13(23-2)9-12(11)19(21)22;/h8-9,17H,4-7,10H2,1-3H3,(H,18,20);1H. The molecular weight excluding hydrogens is 366 g/mol. The molecule has 1 aliphatic rings. The number of nitrogens with one attached hydrogen (secondary N) is 2. The molecule has 7 nitrogen and oxygen atoms in total. The van der Waals surface area contributed by atoms with Crippen molar-refractivity contribution in [1.82, 2.24) is 10.6 Å². The van der Waals surface area contributed by atoms with Gasteiger partial charge in [-0.2, -0.15) is 0 Å². The van der Waals surface area contributed by atoms with Crippen molar-refractivity contribution in [3.8, 4) is 5.75 Å². The summed E-state index contributed by atoms with van der Waals surface area (Å²) in [7, 11) is 1.45. The number of methoxy groups -OCH3 is 1. The van der Waals surface area contributed by atoms with Crippen LogP contribution in [-0.4, -0.2) is 43.8 Å². The molecule has 1 heterocycles. The van der Waals surface area contributed by atoms with Gasteiger partial charge in [-0.15, -0.1) is 24.2 Å². The van der Waals surface area contributed by atoms with Crippen molar-refractivity contribution < 1.29 is 14.5 Å². The van der Waals surface area contributed by atoms with Crippen LogP contribution < -0.4 is 15.4 Å². The molecule has 1 aromatic rings. The van der Waals surface area contributed by atoms with Gasteiger partial charge in [0.1, 0.15) is 11.3 Å². The molecule has 0 saturated carbocycles. The lowest BCUT2D eigenvalue weighted by Crippen LogP contribution is -2.43. The molecule has 0 radical (unpaired) electrons. The molecule has 0 spiro atoms. The Morgan fingerprint density at radius 3 is 2.60 bits per heavy atom. The van der Waals surface area contributed by atoms with E-state index < -0.39 is 10.8 Å². The lowest BCUT2D eigenvalue weighted by atomic mass is 9.81. The number of benzene rings is 1. The first-order valence-electron chi connectivity index (χ1n) is 7.79. The highest BCUT2D eigenvalue weighted by Gasteiger charge is 2.29. The van der Waals surface area contributed by atoms with Crippen molar-refractivity contribution >= 4 is 35.8 Å². The average Bonchev–Trinajstić information content (AvgIpc) is 2.59. The summed E-state index contributed by atoms with van der Waals surface area (Å²) in [5.41, 5.74) is -0.148. The van der Waals surface area contributed by atoms with E-state index >= 15 is 0 Å². The van der Waals surface area contributed by atoms with Crippen LogP contribution in [0.15, 0.2) is 17.0 Å². The van der Waals surface area contributed by atoms with Crippen LogP contribution in [0, 0.1) is 15.5 Å². The van der Waals surface area contributed by atoms with E-state index in [2.05, 4.69) is 17.6 Å². The third-order valence-electron chi connectivity index (χ3n) is 4.43. The van der Waals surface area contributed by atoms with Crippen molar-refractivity contribution in [1.29, 1.82) is 0 Å². The monoisotopic (exact) mass is 389 g/mol. The van der Waals surface area contributed by atoms with Gasteiger partial charge in [0.15, 0.2) is 0 Å². The number of hydrogen-bond donors (Lipinski definition) is 2. The summed E-state index contributed by atoms with van der Waals surface area (Å²) >= 11 is 1.38. The number of nitro groups is 1. The molecule has 25 heavy (non-hydrogen) atoms. The van der Waals surface area contributed by atoms with Crippen LogP contribution in [-0.2, 0) is 0 Å². The van der Waals surface area contributed by atoms with Crippen LogP contribution in [0.5, 0.6) is 5.75 Å². The first-order chi connectivity index (χ1) is 11.4. The quantitative estimate of drug-likeness (QED) is 0.441. The van der Waals surface area contributed by atoms with Gasteiger partial charge >= 0.3 is 0 Å². The average molecular weight is 390 g/mol. The predicted molar refractivity (Wildman–Crippen MR) is 101 cm³/mol. The highest BCUT2D eigenvalue weighted by Crippen LogP contribution is 2.34. The van der Waals surface area contributed by atoms with Crippen molar-refractivity contribution in [2.75, 3.05) is 33.0 Å². The lowest BCUT2D eigenvalue weighted by Gasteiger charge is -2.34. The van der Waals surface area contributed by atoms with E-state index in [1.807, 2.05) is 6.26 Å². The Morgan fingerprint density at radius 2 is 2.08 bits per heavy atom. The topological polar surface area (TPSA) is 93.5 Å². The minimum atomic E-state index is -0.548. The second-order valence-electron chi connectivity index (χ2n) is 6.22. The molecule has 0 unspecified atom stereocenters. The van der Waals surface area contributed by atoms with E-state index in [0.29, 0.717) is 17.2 Å². The minimum absolute atomic E-state index is 0. The van der Waals surface area contributed by atoms with Gasteiger partial charge in [-0.3, -0.25) is 14.9 Å². The van der Waals surface area contributed by atoms with Crippen LogP contribution in [0.3, 0.4) is 0 Å². The highest BCUT2D eigenvalue weighted by molar-refractivity contribution is 7.98. The fourth-order valence-electron chi connectivity index (χ4n) is 2.80. The van der Waals surface area contributed by atoms with Crippen LogP contribution in [0.2, 0.25) is 0 Å². The Balaban J connectivity index is 0.00000312. The summed E-state index contributed by atoms with van der Waals surface area (Å²) < 4.78 is 5.17. The van der Waals surface area contributed by atoms with E-state index in [4.69, 9.17) is 4.74 Å². The number of carbonyl (C=O) groups excluding carboxylic acids is 1. The Labute approximate surface area is 157 Å². The zero-order chi connectivity index (χ0) is 17.7. The predicted octanol–water partition coefficient (Wildman–Crippen LogP) is 2.87. The van der Waals surface area contributed by atoms with E-state index in [9.17, 15) is 14.9 Å². The van der Waals surface area contributed by atoms with Gasteiger partial charge in [0.05, 0.1) is 23.0 Å². The smallest absolute Gasteiger partial charge is 0.285 e. The molecule has 9 heteroatoms. The molecule has 1 aromatic carbocycles. The van der Waals surface area contributed by atoms with E-state index in [1.54, 1.807) is 0 Å². The van der Waals surface area contributed by atoms with Crippen molar-refractivity contribution in [2.24, 2.45) is 5.41 Å². The number of hydrogen-bond acceptors (Lipinski definition) is 6. The maximum atomic E-state index is 12.5. The summed E-state index contributed by atoms with van der Waals surface area (Å²) in [6.45, 7) is 4.48. The molecule has 140 valence electrons. The zero-order valence-corrected chi connectivity index (χ0v) is 16.2. The lowest BCUT2D eigenvalue weighted by molar-refractivity contribution is -0.385. The summed E-state index contributed by atoms with van der Waals surface area (Å²) in [6.07, 6.45) is 3.77. The second kappa shape index (κ2) is 9.26. The first kappa shape index (κ1) is 21.5. The normalized spacial score (nSPS) is 15.8. The molecule has 0 aliphatic carbocycles. The molecule has 1 aliphatic heterocycles. The van der Waals surface area contributed by atoms with Gasteiger partial charge in [0.2, 0.25) is 0 Å². The van der Waals surface area contributed by atoms with Crippen molar-refractivity contribution in [2.45, 2.75) is 24.7 Å². The molecule has 2 rings (SSSR count). The number of thioether (sulfide) groups is 1. The number of nitro benzene ring substituents is 1. The Kier molecular flexibility index (Phi) is 7.98. The second-order valence-corrected chi connectivity index (χ2v) is 7.07. The van der Waals surface area contributed by atoms with Crippen LogP contribution in [0.25, 0.3) is 0 Å². The third-order valence-corrected chi connectivity index (χ3v) is 5.19. The minimum Gasteiger partial charge on any atom is -0.495 e. The largest absolute Gasteiger partial charge is 0.495 e. The van der Waals surface area contributed by atoms with Crippen molar-refractivity contribution in [3.63, 3.8) is 0 Å². The van der Waals surface area contributed by atoms with Gasteiger partial charge in [0, 0.05) is 6.54 Å². The Hall–Kier alpha value is -1.51. The first-order valence-corrected chi connectivity index (χ1v) is 9.02. The zero-order valence-electron chi connectivity index (χ0n) is 14.6. The van der Waals surface area contributed by atoms with E-state index in [0.717, 1.165) is 25.9 Å². The number of ether oxygens (including phenoxy) is 1. The third kappa shape index (κ3) is 5.23. The maximum Gasteiger partial charge on any atom is 0.285 e. The molecule has 0 atom stereocenters. The summed E-state index contributed by atoms with van der Waals surface area (Å²) in [5, 5.41) is 17.5. The van der Waals surface area contributed by atoms with Crippen molar-refractivity contribution in [3.05, 3.63) is 27.8 Å². The summed E-state index contributed by atoms with van der Waals surface area (Å²) in [4.78, 5) is 24.0. The molecule has 1 fully saturated rings. The number of nitrogens with zero attached hydrogens (tertiary/aromatic N) is 1. The SMILES string of the molecule is COc1cc([N+](=O)[O-])c(C(=O)NCC2(C)CCNCC2)cc1SC.Cl. The van der Waals surface area contributed by atoms with Gasteiger partial charge in [-0.1, -0.05) is 6.92 Å². The van der Waals surface area contributed by atoms with Gasteiger partial charge in [-0.05, 0) is 43.7 Å². The molecule has 1 saturated heterocycles. The van der Waals surface area contributed by atoms with Gasteiger partial charge in [0.25, 0.3) is 11.6 Å². The molecule has 1 amide bonds. The molecule has 0 aromatic heterocycles. The number of amides is 1. The number of rotatable bonds is 6. The number of carbonyl (C=O) groups is 1. The van der Waals surface area contributed by atoms with E-state index in [-0.39, 0.29) is 29.1 Å². The van der Waals surface area contributed by atoms with Crippen LogP contribution in [0.1, 0.15) is 30.1 Å². The fourth-order valence-corrected chi connectivity index (χ4v) is 3.38. The highest BCUT2D eigenvalue weighted by atomic mass is 35.5. The molecular formula is C16H24ClN3O4S.